The van der Waals surface area contributed by atoms with E-state index in [-0.39, 0.29) is 6.17 Å². The first-order chi connectivity index (χ1) is 15.7. The maximum absolute atomic E-state index is 4.58. The molecular weight excluding hydrogens is 411 g/mol. The van der Waals surface area contributed by atoms with Crippen molar-refractivity contribution in [2.24, 2.45) is 0 Å². The van der Waals surface area contributed by atoms with E-state index in [9.17, 15) is 0 Å². The van der Waals surface area contributed by atoms with Crippen molar-refractivity contribution in [3.05, 3.63) is 126 Å². The Morgan fingerprint density at radius 1 is 0.625 bits per heavy atom. The highest BCUT2D eigenvalue weighted by Crippen LogP contribution is 2.36. The van der Waals surface area contributed by atoms with Gasteiger partial charge in [-0.25, -0.2) is 9.36 Å². The van der Waals surface area contributed by atoms with Gasteiger partial charge in [0.1, 0.15) is 0 Å². The zero-order chi connectivity index (χ0) is 21.9. The minimum atomic E-state index is -0.758. The number of nitrogens with zero attached hydrogens (tertiary/aromatic N) is 4. The third kappa shape index (κ3) is 4.02. The van der Waals surface area contributed by atoms with E-state index in [1.807, 2.05) is 46.3 Å². The Hall–Kier alpha value is -3.49. The van der Waals surface area contributed by atoms with Crippen LogP contribution in [0.5, 0.6) is 0 Å². The predicted molar refractivity (Wildman–Crippen MR) is 133 cm³/mol. The summed E-state index contributed by atoms with van der Waals surface area (Å²) < 4.78 is 3.95. The van der Waals surface area contributed by atoms with Crippen LogP contribution in [0, 0.1) is 13.8 Å². The van der Waals surface area contributed by atoms with Crippen LogP contribution in [0.1, 0.15) is 22.9 Å². The van der Waals surface area contributed by atoms with Gasteiger partial charge in [0.25, 0.3) is 0 Å². The molecule has 0 bridgehead atoms. The maximum atomic E-state index is 4.58. The zero-order valence-electron chi connectivity index (χ0n) is 18.2. The highest BCUT2D eigenvalue weighted by molar-refractivity contribution is 7.79. The van der Waals surface area contributed by atoms with Crippen molar-refractivity contribution in [1.82, 2.24) is 19.6 Å². The van der Waals surface area contributed by atoms with Gasteiger partial charge in [0.15, 0.2) is 6.17 Å². The van der Waals surface area contributed by atoms with E-state index >= 15 is 0 Å². The second-order valence-electron chi connectivity index (χ2n) is 7.91. The van der Waals surface area contributed by atoms with Gasteiger partial charge in [-0.2, -0.15) is 10.2 Å². The van der Waals surface area contributed by atoms with Gasteiger partial charge >= 0.3 is 0 Å². The molecule has 3 aromatic carbocycles. The van der Waals surface area contributed by atoms with E-state index in [2.05, 4.69) is 96.8 Å². The number of benzene rings is 3. The van der Waals surface area contributed by atoms with E-state index in [1.54, 1.807) is 0 Å². The minimum absolute atomic E-state index is 0.155. The molecule has 4 nitrogen and oxygen atoms in total. The molecule has 0 spiro atoms. The number of hydrogen-bond acceptors (Lipinski definition) is 2. The summed E-state index contributed by atoms with van der Waals surface area (Å²) in [5, 5.41) is 13.1. The fourth-order valence-corrected chi connectivity index (χ4v) is 6.41. The summed E-state index contributed by atoms with van der Waals surface area (Å²) in [5.41, 5.74) is 3.74. The van der Waals surface area contributed by atoms with Crippen molar-refractivity contribution in [2.45, 2.75) is 20.0 Å². The molecular formula is C27H25N4P. The molecule has 2 heterocycles. The largest absolute Gasteiger partial charge is 0.244 e. The number of aromatic nitrogens is 4. The molecule has 0 saturated heterocycles. The molecule has 0 aliphatic heterocycles. The van der Waals surface area contributed by atoms with Crippen molar-refractivity contribution in [3.63, 3.8) is 0 Å². The quantitative estimate of drug-likeness (QED) is 0.366. The first-order valence-corrected chi connectivity index (χ1v) is 12.1. The number of rotatable bonds is 6. The maximum Gasteiger partial charge on any atom is 0.169 e. The molecule has 2 aromatic heterocycles. The molecule has 5 aromatic rings. The van der Waals surface area contributed by atoms with E-state index in [4.69, 9.17) is 0 Å². The fraction of sp³-hybridized carbons (Fsp3) is 0.111. The highest BCUT2D eigenvalue weighted by Gasteiger charge is 2.26. The highest BCUT2D eigenvalue weighted by atomic mass is 31.1. The summed E-state index contributed by atoms with van der Waals surface area (Å²) in [7, 11) is -0.758. The van der Waals surface area contributed by atoms with Crippen LogP contribution in [0.15, 0.2) is 110 Å². The van der Waals surface area contributed by atoms with Crippen molar-refractivity contribution in [3.8, 4) is 0 Å². The van der Waals surface area contributed by atoms with Gasteiger partial charge < -0.3 is 0 Å². The molecule has 0 saturated carbocycles. The van der Waals surface area contributed by atoms with Crippen molar-refractivity contribution < 1.29 is 0 Å². The zero-order valence-corrected chi connectivity index (χ0v) is 19.1. The molecule has 0 unspecified atom stereocenters. The van der Waals surface area contributed by atoms with Crippen LogP contribution >= 0.6 is 7.92 Å². The van der Waals surface area contributed by atoms with Crippen LogP contribution in [-0.4, -0.2) is 19.6 Å². The van der Waals surface area contributed by atoms with Crippen LogP contribution in [0.25, 0.3) is 0 Å². The minimum Gasteiger partial charge on any atom is -0.244 e. The second kappa shape index (κ2) is 8.94. The predicted octanol–water partition coefficient (Wildman–Crippen LogP) is 4.55. The van der Waals surface area contributed by atoms with Gasteiger partial charge in [-0.05, 0) is 49.8 Å². The van der Waals surface area contributed by atoms with Gasteiger partial charge in [0.05, 0.1) is 0 Å². The normalized spacial score (nSPS) is 11.4. The van der Waals surface area contributed by atoms with E-state index in [0.717, 1.165) is 0 Å². The molecule has 0 atom stereocenters. The smallest absolute Gasteiger partial charge is 0.169 e. The third-order valence-corrected chi connectivity index (χ3v) is 8.11. The monoisotopic (exact) mass is 436 g/mol. The molecule has 0 fully saturated rings. The molecule has 0 radical (unpaired) electrons. The van der Waals surface area contributed by atoms with Gasteiger partial charge in [-0.1, -0.05) is 83.9 Å². The summed E-state index contributed by atoms with van der Waals surface area (Å²) in [5.74, 6) is 0. The van der Waals surface area contributed by atoms with Crippen LogP contribution in [0.3, 0.4) is 0 Å². The van der Waals surface area contributed by atoms with E-state index in [1.165, 1.54) is 32.6 Å². The summed E-state index contributed by atoms with van der Waals surface area (Å²) in [6.07, 6.45) is 7.49. The first-order valence-electron chi connectivity index (χ1n) is 10.7. The molecule has 5 heteroatoms. The molecule has 0 N–H and O–H groups in total. The molecule has 0 amide bonds. The Morgan fingerprint density at radius 3 is 1.59 bits per heavy atom. The molecule has 32 heavy (non-hydrogen) atoms. The molecule has 0 aliphatic rings. The van der Waals surface area contributed by atoms with E-state index < -0.39 is 7.92 Å². The molecule has 5 rings (SSSR count). The summed E-state index contributed by atoms with van der Waals surface area (Å²) >= 11 is 0. The van der Waals surface area contributed by atoms with Crippen molar-refractivity contribution in [2.75, 3.05) is 0 Å². The van der Waals surface area contributed by atoms with Gasteiger partial charge in [0.2, 0.25) is 0 Å². The average Bonchev–Trinajstić information content (AvgIpc) is 3.53. The van der Waals surface area contributed by atoms with E-state index in [0.29, 0.717) is 0 Å². The number of aryl methyl sites for hydroxylation is 2. The second-order valence-corrected chi connectivity index (χ2v) is 10.1. The molecule has 158 valence electrons. The summed E-state index contributed by atoms with van der Waals surface area (Å²) in [6, 6.07) is 30.6. The summed E-state index contributed by atoms with van der Waals surface area (Å²) in [6.45, 7) is 4.27. The van der Waals surface area contributed by atoms with Gasteiger partial charge in [0, 0.05) is 30.4 Å². The lowest BCUT2D eigenvalue weighted by Crippen LogP contribution is -2.30. The average molecular weight is 436 g/mol. The van der Waals surface area contributed by atoms with Gasteiger partial charge in [-0.3, -0.25) is 0 Å². The van der Waals surface area contributed by atoms with Crippen molar-refractivity contribution in [1.29, 1.82) is 0 Å². The summed E-state index contributed by atoms with van der Waals surface area (Å²) in [4.78, 5) is 0. The lowest BCUT2D eigenvalue weighted by molar-refractivity contribution is 0.420. The lowest BCUT2D eigenvalue weighted by Gasteiger charge is -2.27. The van der Waals surface area contributed by atoms with Crippen LogP contribution < -0.4 is 15.9 Å². The van der Waals surface area contributed by atoms with Crippen LogP contribution in [-0.2, 0) is 0 Å². The fourth-order valence-electron chi connectivity index (χ4n) is 3.98. The topological polar surface area (TPSA) is 35.6 Å². The Morgan fingerprint density at radius 2 is 1.12 bits per heavy atom. The van der Waals surface area contributed by atoms with Gasteiger partial charge in [-0.15, -0.1) is 0 Å². The Balaban J connectivity index is 1.72. The SMILES string of the molecule is Cc1ccc(P(c2ccc(C)cc2)c2ccccc2C(n2cccn2)n2cccn2)cc1. The Kier molecular flexibility index (Phi) is 5.70. The third-order valence-electron chi connectivity index (χ3n) is 5.59. The van der Waals surface area contributed by atoms with Crippen LogP contribution in [0.2, 0.25) is 0 Å². The van der Waals surface area contributed by atoms with Crippen molar-refractivity contribution >= 4 is 23.8 Å². The Bertz CT molecular complexity index is 1200. The number of hydrogen-bond donors (Lipinski definition) is 0. The molecule has 0 aliphatic carbocycles. The first kappa shape index (κ1) is 20.4. The van der Waals surface area contributed by atoms with Crippen LogP contribution in [0.4, 0.5) is 0 Å². The Labute approximate surface area is 189 Å². The standard InChI is InChI=1S/C27H25N4P/c1-21-9-13-23(14-10-21)32(24-15-11-22(2)12-16-24)26-8-4-3-7-25(26)27(30-19-5-17-28-30)31-20-6-18-29-31/h3-20,27H,1-2H3. The lowest BCUT2D eigenvalue weighted by atomic mass is 10.1.